The van der Waals surface area contributed by atoms with E-state index >= 15 is 0 Å². The first kappa shape index (κ1) is 13.6. The van der Waals surface area contributed by atoms with Crippen LogP contribution in [0.4, 0.5) is 5.69 Å². The van der Waals surface area contributed by atoms with Crippen molar-refractivity contribution < 1.29 is 4.79 Å². The molecule has 2 aromatic carbocycles. The first-order valence-electron chi connectivity index (χ1n) is 5.96. The SMILES string of the molecule is Cc1c(Br)cccc1NC(=O)C=Cc1ccccc1. The Morgan fingerprint density at radius 3 is 2.58 bits per heavy atom. The Bertz CT molecular complexity index is 605. The summed E-state index contributed by atoms with van der Waals surface area (Å²) in [5.41, 5.74) is 2.84. The van der Waals surface area contributed by atoms with E-state index in [9.17, 15) is 4.79 Å². The Labute approximate surface area is 121 Å². The Hall–Kier alpha value is -1.87. The molecule has 0 saturated heterocycles. The van der Waals surface area contributed by atoms with Crippen LogP contribution in [0.5, 0.6) is 0 Å². The average molecular weight is 316 g/mol. The maximum Gasteiger partial charge on any atom is 0.248 e. The number of carbonyl (C=O) groups excluding carboxylic acids is 1. The highest BCUT2D eigenvalue weighted by Crippen LogP contribution is 2.23. The molecule has 0 bridgehead atoms. The summed E-state index contributed by atoms with van der Waals surface area (Å²) >= 11 is 3.44. The number of hydrogen-bond donors (Lipinski definition) is 1. The molecule has 96 valence electrons. The molecule has 19 heavy (non-hydrogen) atoms. The van der Waals surface area contributed by atoms with Gasteiger partial charge in [-0.3, -0.25) is 4.79 Å². The fraction of sp³-hybridized carbons (Fsp3) is 0.0625. The molecule has 0 aliphatic rings. The third kappa shape index (κ3) is 3.80. The lowest BCUT2D eigenvalue weighted by molar-refractivity contribution is -0.111. The van der Waals surface area contributed by atoms with Gasteiger partial charge in [0.2, 0.25) is 5.91 Å². The van der Waals surface area contributed by atoms with Crippen LogP contribution in [0.25, 0.3) is 6.08 Å². The van der Waals surface area contributed by atoms with E-state index in [1.54, 1.807) is 6.08 Å². The minimum Gasteiger partial charge on any atom is -0.322 e. The molecule has 2 aromatic rings. The molecule has 0 heterocycles. The first-order valence-corrected chi connectivity index (χ1v) is 6.75. The minimum absolute atomic E-state index is 0.134. The topological polar surface area (TPSA) is 29.1 Å². The van der Waals surface area contributed by atoms with E-state index in [0.717, 1.165) is 21.3 Å². The zero-order valence-corrected chi connectivity index (χ0v) is 12.1. The van der Waals surface area contributed by atoms with Gasteiger partial charge in [0.05, 0.1) is 0 Å². The lowest BCUT2D eigenvalue weighted by atomic mass is 10.2. The van der Waals surface area contributed by atoms with Crippen LogP contribution in [0.2, 0.25) is 0 Å². The van der Waals surface area contributed by atoms with Crippen LogP contribution in [0.15, 0.2) is 59.1 Å². The van der Waals surface area contributed by atoms with Gasteiger partial charge in [-0.25, -0.2) is 0 Å². The van der Waals surface area contributed by atoms with E-state index in [0.29, 0.717) is 0 Å². The molecule has 0 atom stereocenters. The number of benzene rings is 2. The second kappa shape index (κ2) is 6.34. The van der Waals surface area contributed by atoms with E-state index in [1.807, 2.05) is 55.5 Å². The van der Waals surface area contributed by atoms with Crippen molar-refractivity contribution in [3.8, 4) is 0 Å². The molecule has 2 nitrogen and oxygen atoms in total. The highest BCUT2D eigenvalue weighted by atomic mass is 79.9. The number of anilines is 1. The molecule has 0 aliphatic carbocycles. The van der Waals surface area contributed by atoms with E-state index in [2.05, 4.69) is 21.2 Å². The van der Waals surface area contributed by atoms with Gasteiger partial charge in [-0.2, -0.15) is 0 Å². The zero-order chi connectivity index (χ0) is 13.7. The standard InChI is InChI=1S/C16H14BrNO/c1-12-14(17)8-5-9-15(12)18-16(19)11-10-13-6-3-2-4-7-13/h2-11H,1H3,(H,18,19). The maximum absolute atomic E-state index is 11.8. The fourth-order valence-corrected chi connectivity index (χ4v) is 2.02. The molecule has 1 N–H and O–H groups in total. The van der Waals surface area contributed by atoms with Crippen molar-refractivity contribution in [2.45, 2.75) is 6.92 Å². The summed E-state index contributed by atoms with van der Waals surface area (Å²) in [5, 5.41) is 2.87. The summed E-state index contributed by atoms with van der Waals surface area (Å²) in [6.45, 7) is 1.96. The molecule has 0 fully saturated rings. The van der Waals surface area contributed by atoms with Crippen LogP contribution in [-0.4, -0.2) is 5.91 Å². The van der Waals surface area contributed by atoms with Gasteiger partial charge in [-0.05, 0) is 36.3 Å². The summed E-state index contributed by atoms with van der Waals surface area (Å²) < 4.78 is 0.984. The molecule has 0 unspecified atom stereocenters. The Morgan fingerprint density at radius 2 is 1.84 bits per heavy atom. The summed E-state index contributed by atoms with van der Waals surface area (Å²) in [6, 6.07) is 15.5. The summed E-state index contributed by atoms with van der Waals surface area (Å²) in [4.78, 5) is 11.8. The number of hydrogen-bond acceptors (Lipinski definition) is 1. The molecular formula is C16H14BrNO. The Kier molecular flexibility index (Phi) is 4.53. The van der Waals surface area contributed by atoms with E-state index in [1.165, 1.54) is 6.08 Å². The molecule has 0 aliphatic heterocycles. The molecule has 3 heteroatoms. The zero-order valence-electron chi connectivity index (χ0n) is 10.6. The summed E-state index contributed by atoms with van der Waals surface area (Å²) in [5.74, 6) is -0.134. The van der Waals surface area contributed by atoms with E-state index in [4.69, 9.17) is 0 Å². The molecule has 0 aromatic heterocycles. The number of amides is 1. The van der Waals surface area contributed by atoms with Crippen molar-refractivity contribution in [1.82, 2.24) is 0 Å². The van der Waals surface area contributed by atoms with Crippen LogP contribution in [-0.2, 0) is 4.79 Å². The van der Waals surface area contributed by atoms with Gasteiger partial charge in [-0.15, -0.1) is 0 Å². The van der Waals surface area contributed by atoms with Crippen molar-refractivity contribution in [3.63, 3.8) is 0 Å². The van der Waals surface area contributed by atoms with Gasteiger partial charge in [0.15, 0.2) is 0 Å². The Balaban J connectivity index is 2.06. The van der Waals surface area contributed by atoms with Crippen molar-refractivity contribution in [1.29, 1.82) is 0 Å². The predicted molar refractivity (Wildman–Crippen MR) is 83.0 cm³/mol. The van der Waals surface area contributed by atoms with Gasteiger partial charge in [0.25, 0.3) is 0 Å². The normalized spacial score (nSPS) is 10.6. The van der Waals surface area contributed by atoms with Gasteiger partial charge >= 0.3 is 0 Å². The third-order valence-corrected chi connectivity index (χ3v) is 3.61. The summed E-state index contributed by atoms with van der Waals surface area (Å²) in [7, 11) is 0. The number of rotatable bonds is 3. The highest BCUT2D eigenvalue weighted by Gasteiger charge is 2.03. The lowest BCUT2D eigenvalue weighted by Crippen LogP contribution is -2.08. The third-order valence-electron chi connectivity index (χ3n) is 2.75. The second-order valence-corrected chi connectivity index (χ2v) is 5.00. The highest BCUT2D eigenvalue weighted by molar-refractivity contribution is 9.10. The monoisotopic (exact) mass is 315 g/mol. The predicted octanol–water partition coefficient (Wildman–Crippen LogP) is 4.41. The molecule has 0 spiro atoms. The smallest absolute Gasteiger partial charge is 0.248 e. The van der Waals surface area contributed by atoms with Crippen molar-refractivity contribution in [3.05, 3.63) is 70.2 Å². The van der Waals surface area contributed by atoms with Crippen molar-refractivity contribution >= 4 is 33.6 Å². The second-order valence-electron chi connectivity index (χ2n) is 4.15. The van der Waals surface area contributed by atoms with Crippen LogP contribution in [0, 0.1) is 6.92 Å². The van der Waals surface area contributed by atoms with Gasteiger partial charge in [0.1, 0.15) is 0 Å². The van der Waals surface area contributed by atoms with Crippen LogP contribution < -0.4 is 5.32 Å². The Morgan fingerprint density at radius 1 is 1.11 bits per heavy atom. The molecule has 0 radical (unpaired) electrons. The maximum atomic E-state index is 11.8. The van der Waals surface area contributed by atoms with Crippen LogP contribution in [0.1, 0.15) is 11.1 Å². The first-order chi connectivity index (χ1) is 9.16. The van der Waals surface area contributed by atoms with Gasteiger partial charge in [-0.1, -0.05) is 52.3 Å². The fourth-order valence-electron chi connectivity index (χ4n) is 1.65. The molecular weight excluding hydrogens is 302 g/mol. The minimum atomic E-state index is -0.134. The largest absolute Gasteiger partial charge is 0.322 e. The van der Waals surface area contributed by atoms with Gasteiger partial charge in [0, 0.05) is 16.2 Å². The number of carbonyl (C=O) groups is 1. The van der Waals surface area contributed by atoms with Gasteiger partial charge < -0.3 is 5.32 Å². The molecule has 1 amide bonds. The summed E-state index contributed by atoms with van der Waals surface area (Å²) in [6.07, 6.45) is 3.33. The van der Waals surface area contributed by atoms with Crippen molar-refractivity contribution in [2.24, 2.45) is 0 Å². The lowest BCUT2D eigenvalue weighted by Gasteiger charge is -2.07. The molecule has 0 saturated carbocycles. The van der Waals surface area contributed by atoms with Crippen LogP contribution in [0.3, 0.4) is 0 Å². The average Bonchev–Trinajstić information content (AvgIpc) is 2.43. The van der Waals surface area contributed by atoms with Crippen molar-refractivity contribution in [2.75, 3.05) is 5.32 Å². The number of nitrogens with one attached hydrogen (secondary N) is 1. The number of halogens is 1. The van der Waals surface area contributed by atoms with Crippen LogP contribution >= 0.6 is 15.9 Å². The van der Waals surface area contributed by atoms with E-state index in [-0.39, 0.29) is 5.91 Å². The quantitative estimate of drug-likeness (QED) is 0.835. The van der Waals surface area contributed by atoms with E-state index < -0.39 is 0 Å². The molecule has 2 rings (SSSR count).